The molecule has 26 heavy (non-hydrogen) atoms. The van der Waals surface area contributed by atoms with Crippen LogP contribution in [-0.2, 0) is 4.79 Å². The summed E-state index contributed by atoms with van der Waals surface area (Å²) >= 11 is 0.253. The van der Waals surface area contributed by atoms with Crippen LogP contribution in [0.15, 0.2) is 12.2 Å². The summed E-state index contributed by atoms with van der Waals surface area (Å²) in [5.41, 5.74) is -8.92. The first kappa shape index (κ1) is 22.4. The van der Waals surface area contributed by atoms with Gasteiger partial charge in [-0.25, -0.2) is 6.57 Å². The number of hydrogen-bond acceptors (Lipinski definition) is 3. The van der Waals surface area contributed by atoms with E-state index in [-0.39, 0.29) is 11.8 Å². The molecule has 0 bridgehead atoms. The number of carbonyl (C=O) groups excluding carboxylic acids is 1. The van der Waals surface area contributed by atoms with Crippen LogP contribution in [0.1, 0.15) is 27.7 Å². The molecule has 0 amide bonds. The quantitative estimate of drug-likeness (QED) is 0.373. The highest BCUT2D eigenvalue weighted by Crippen LogP contribution is 2.67. The van der Waals surface area contributed by atoms with E-state index >= 15 is 0 Å². The molecule has 1 unspecified atom stereocenters. The molecule has 1 saturated carbocycles. The van der Waals surface area contributed by atoms with Gasteiger partial charge in [-0.15, -0.1) is 0 Å². The normalized spacial score (nSPS) is 23.2. The van der Waals surface area contributed by atoms with Gasteiger partial charge in [0.2, 0.25) is 0 Å². The summed E-state index contributed by atoms with van der Waals surface area (Å²) in [4.78, 5) is 13.8. The van der Waals surface area contributed by atoms with Gasteiger partial charge in [0.05, 0.1) is 11.6 Å². The van der Waals surface area contributed by atoms with Gasteiger partial charge in [-0.1, -0.05) is 18.3 Å². The minimum absolute atomic E-state index is 0.253. The standard InChI is InChI=1S/C16H16F6N2OS/c1-9(14(17,18)19)13(7-23,16(20,21)22)8-26-15(24-6)11(2,3)10(25)12(15,4)5/h1,8H2,2-5H3. The van der Waals surface area contributed by atoms with Crippen LogP contribution in [-0.4, -0.2) is 28.8 Å². The van der Waals surface area contributed by atoms with Crippen molar-refractivity contribution in [3.63, 3.8) is 0 Å². The van der Waals surface area contributed by atoms with Crippen LogP contribution in [0, 0.1) is 34.1 Å². The first-order valence-corrected chi connectivity index (χ1v) is 8.19. The maximum atomic E-state index is 13.5. The lowest BCUT2D eigenvalue weighted by atomic mass is 9.50. The lowest BCUT2D eigenvalue weighted by Gasteiger charge is -2.55. The fourth-order valence-electron chi connectivity index (χ4n) is 3.44. The zero-order valence-electron chi connectivity index (χ0n) is 14.4. The molecular weight excluding hydrogens is 382 g/mol. The molecule has 0 aromatic heterocycles. The minimum Gasteiger partial charge on any atom is -0.298 e. The molecule has 1 fully saturated rings. The highest BCUT2D eigenvalue weighted by Gasteiger charge is 2.80. The summed E-state index contributed by atoms with van der Waals surface area (Å²) in [7, 11) is 0. The molecule has 1 aliphatic rings. The Hall–Kier alpha value is -1.68. The largest absolute Gasteiger partial charge is 0.414 e. The van der Waals surface area contributed by atoms with E-state index in [1.165, 1.54) is 27.7 Å². The van der Waals surface area contributed by atoms with Crippen molar-refractivity contribution in [2.45, 2.75) is 44.9 Å². The van der Waals surface area contributed by atoms with Crippen molar-refractivity contribution in [1.82, 2.24) is 0 Å². The number of Topliss-reactive ketones (excluding diaryl/α,β-unsaturated/α-hetero) is 1. The topological polar surface area (TPSA) is 45.2 Å². The van der Waals surface area contributed by atoms with E-state index < -0.39 is 50.6 Å². The van der Waals surface area contributed by atoms with Crippen molar-refractivity contribution in [2.24, 2.45) is 16.2 Å². The molecule has 0 aromatic rings. The van der Waals surface area contributed by atoms with Gasteiger partial charge >= 0.3 is 17.2 Å². The molecule has 144 valence electrons. The predicted octanol–water partition coefficient (Wildman–Crippen LogP) is 5.16. The van der Waals surface area contributed by atoms with E-state index in [2.05, 4.69) is 11.4 Å². The Bertz CT molecular complexity index is 705. The molecule has 0 N–H and O–H groups in total. The second kappa shape index (κ2) is 5.91. The third-order valence-corrected chi connectivity index (χ3v) is 7.12. The summed E-state index contributed by atoms with van der Waals surface area (Å²) in [5.74, 6) is -1.79. The van der Waals surface area contributed by atoms with Crippen molar-refractivity contribution >= 4 is 17.5 Å². The summed E-state index contributed by atoms with van der Waals surface area (Å²) in [6.45, 7) is 15.3. The second-order valence-corrected chi connectivity index (χ2v) is 8.28. The van der Waals surface area contributed by atoms with Gasteiger partial charge in [0.1, 0.15) is 10.8 Å². The van der Waals surface area contributed by atoms with E-state index in [9.17, 15) is 31.1 Å². The first-order chi connectivity index (χ1) is 11.4. The molecular formula is C16H16F6N2OS. The maximum Gasteiger partial charge on any atom is 0.414 e. The van der Waals surface area contributed by atoms with Crippen LogP contribution >= 0.6 is 11.8 Å². The van der Waals surface area contributed by atoms with E-state index in [1.807, 2.05) is 0 Å². The lowest BCUT2D eigenvalue weighted by molar-refractivity contribution is -0.203. The van der Waals surface area contributed by atoms with Crippen molar-refractivity contribution < 1.29 is 31.1 Å². The number of allylic oxidation sites excluding steroid dienone is 1. The highest BCUT2D eigenvalue weighted by atomic mass is 32.2. The first-order valence-electron chi connectivity index (χ1n) is 7.21. The molecule has 0 aliphatic heterocycles. The minimum atomic E-state index is -5.56. The molecule has 10 heteroatoms. The second-order valence-electron chi connectivity index (χ2n) is 7.11. The average molecular weight is 398 g/mol. The Kier molecular flexibility index (Phi) is 5.09. The molecule has 3 nitrogen and oxygen atoms in total. The maximum absolute atomic E-state index is 13.5. The number of carbonyl (C=O) groups is 1. The highest BCUT2D eigenvalue weighted by molar-refractivity contribution is 8.01. The van der Waals surface area contributed by atoms with Gasteiger partial charge < -0.3 is 0 Å². The van der Waals surface area contributed by atoms with Crippen LogP contribution in [0.25, 0.3) is 4.85 Å². The van der Waals surface area contributed by atoms with Gasteiger partial charge in [0.15, 0.2) is 11.2 Å². The van der Waals surface area contributed by atoms with E-state index in [0.717, 1.165) is 6.07 Å². The fourth-order valence-corrected chi connectivity index (χ4v) is 5.24. The Labute approximate surface area is 151 Å². The smallest absolute Gasteiger partial charge is 0.298 e. The van der Waals surface area contributed by atoms with E-state index in [1.54, 1.807) is 0 Å². The zero-order chi connectivity index (χ0) is 21.0. The Morgan fingerprint density at radius 1 is 1.19 bits per heavy atom. The molecule has 0 aromatic carbocycles. The van der Waals surface area contributed by atoms with Crippen molar-refractivity contribution in [3.8, 4) is 6.07 Å². The summed E-state index contributed by atoms with van der Waals surface area (Å²) in [6.07, 6.45) is -11.0. The molecule has 1 rings (SSSR count). The molecule has 1 aliphatic carbocycles. The Morgan fingerprint density at radius 3 is 1.88 bits per heavy atom. The number of thioether (sulfide) groups is 1. The molecule has 0 spiro atoms. The zero-order valence-corrected chi connectivity index (χ0v) is 15.2. The Morgan fingerprint density at radius 2 is 1.62 bits per heavy atom. The molecule has 1 atom stereocenters. The number of hydrogen-bond donors (Lipinski definition) is 0. The van der Waals surface area contributed by atoms with E-state index in [4.69, 9.17) is 11.8 Å². The lowest BCUT2D eigenvalue weighted by Crippen LogP contribution is -2.71. The van der Waals surface area contributed by atoms with Gasteiger partial charge in [0.25, 0.3) is 0 Å². The summed E-state index contributed by atoms with van der Waals surface area (Å²) in [6, 6.07) is 0.719. The van der Waals surface area contributed by atoms with Gasteiger partial charge in [-0.3, -0.25) is 9.64 Å². The number of alkyl halides is 6. The van der Waals surface area contributed by atoms with Gasteiger partial charge in [-0.05, 0) is 27.7 Å². The van der Waals surface area contributed by atoms with Crippen LogP contribution in [0.3, 0.4) is 0 Å². The molecule has 0 radical (unpaired) electrons. The number of nitriles is 1. The van der Waals surface area contributed by atoms with Crippen LogP contribution in [0.5, 0.6) is 0 Å². The summed E-state index contributed by atoms with van der Waals surface area (Å²) < 4.78 is 79.3. The average Bonchev–Trinajstić information content (AvgIpc) is 2.47. The van der Waals surface area contributed by atoms with Crippen LogP contribution in [0.2, 0.25) is 0 Å². The monoisotopic (exact) mass is 398 g/mol. The number of halogens is 6. The van der Waals surface area contributed by atoms with Gasteiger partial charge in [-0.2, -0.15) is 31.6 Å². The van der Waals surface area contributed by atoms with Crippen molar-refractivity contribution in [1.29, 1.82) is 5.26 Å². The molecule has 0 heterocycles. The number of nitrogens with zero attached hydrogens (tertiary/aromatic N) is 2. The third kappa shape index (κ3) is 2.61. The Balaban J connectivity index is 3.45. The fraction of sp³-hybridized carbons (Fsp3) is 0.688. The SMILES string of the molecule is [C-]#[N+]C1(SCC(C#N)(C(=C)C(F)(F)F)C(F)(F)F)C(C)(C)C(=O)C1(C)C. The van der Waals surface area contributed by atoms with Crippen molar-refractivity contribution in [2.75, 3.05) is 5.75 Å². The number of ketones is 1. The summed E-state index contributed by atoms with van der Waals surface area (Å²) in [5, 5.41) is 9.03. The van der Waals surface area contributed by atoms with Crippen LogP contribution < -0.4 is 0 Å². The predicted molar refractivity (Wildman–Crippen MR) is 83.7 cm³/mol. The van der Waals surface area contributed by atoms with Crippen molar-refractivity contribution in [3.05, 3.63) is 23.6 Å². The van der Waals surface area contributed by atoms with E-state index in [0.29, 0.717) is 0 Å². The van der Waals surface area contributed by atoms with Crippen LogP contribution in [0.4, 0.5) is 26.3 Å². The third-order valence-electron chi connectivity index (χ3n) is 5.02. The van der Waals surface area contributed by atoms with Gasteiger partial charge in [0, 0.05) is 5.75 Å². The number of rotatable bonds is 4. The molecule has 0 saturated heterocycles.